The van der Waals surface area contributed by atoms with E-state index in [4.69, 9.17) is 0 Å². The molecule has 0 atom stereocenters. The lowest BCUT2D eigenvalue weighted by Crippen LogP contribution is -1.99. The van der Waals surface area contributed by atoms with Crippen LogP contribution in [0.3, 0.4) is 0 Å². The highest BCUT2D eigenvalue weighted by molar-refractivity contribution is 7.90. The van der Waals surface area contributed by atoms with Gasteiger partial charge in [-0.25, -0.2) is 17.9 Å². The summed E-state index contributed by atoms with van der Waals surface area (Å²) in [6.45, 7) is 2.31. The van der Waals surface area contributed by atoms with Crippen molar-refractivity contribution in [3.63, 3.8) is 0 Å². The monoisotopic (exact) mass is 403 g/mol. The van der Waals surface area contributed by atoms with Crippen molar-refractivity contribution in [1.82, 2.24) is 14.6 Å². The molecule has 29 heavy (non-hydrogen) atoms. The number of hydrogen-bond donors (Lipinski definition) is 0. The first-order chi connectivity index (χ1) is 13.8. The molecule has 0 bridgehead atoms. The third-order valence-corrected chi connectivity index (χ3v) is 6.96. The Bertz CT molecular complexity index is 1330. The van der Waals surface area contributed by atoms with Crippen LogP contribution in [0.5, 0.6) is 0 Å². The van der Waals surface area contributed by atoms with E-state index in [1.807, 2.05) is 18.5 Å². The van der Waals surface area contributed by atoms with Gasteiger partial charge in [0.1, 0.15) is 0 Å². The molecule has 6 heteroatoms. The lowest BCUT2D eigenvalue weighted by Gasteiger charge is -2.10. The van der Waals surface area contributed by atoms with Gasteiger partial charge in [0.2, 0.25) is 0 Å². The number of aromatic nitrogens is 3. The summed E-state index contributed by atoms with van der Waals surface area (Å²) in [7, 11) is -3.27. The average Bonchev–Trinajstić information content (AvgIpc) is 3.33. The lowest BCUT2D eigenvalue weighted by molar-refractivity contribution is 0.602. The van der Waals surface area contributed by atoms with E-state index in [0.717, 1.165) is 22.3 Å². The fourth-order valence-electron chi connectivity index (χ4n) is 3.66. The van der Waals surface area contributed by atoms with Gasteiger partial charge in [-0.05, 0) is 47.1 Å². The number of hydrogen-bond acceptors (Lipinski definition) is 4. The van der Waals surface area contributed by atoms with Crippen molar-refractivity contribution < 1.29 is 8.42 Å². The van der Waals surface area contributed by atoms with Crippen LogP contribution >= 0.6 is 0 Å². The summed E-state index contributed by atoms with van der Waals surface area (Å²) >= 11 is 0. The first kappa shape index (κ1) is 18.1. The molecule has 0 aliphatic heterocycles. The Morgan fingerprint density at radius 2 is 1.72 bits per heavy atom. The molecule has 0 saturated heterocycles. The minimum absolute atomic E-state index is 0.287. The molecule has 5 rings (SSSR count). The van der Waals surface area contributed by atoms with Gasteiger partial charge in [-0.3, -0.25) is 0 Å². The minimum atomic E-state index is -3.27. The normalized spacial score (nSPS) is 15.5. The summed E-state index contributed by atoms with van der Waals surface area (Å²) < 4.78 is 25.5. The second-order valence-electron chi connectivity index (χ2n) is 8.11. The van der Waals surface area contributed by atoms with E-state index in [1.165, 1.54) is 24.7 Å². The second kappa shape index (κ2) is 6.26. The van der Waals surface area contributed by atoms with Crippen LogP contribution in [0.2, 0.25) is 0 Å². The van der Waals surface area contributed by atoms with Crippen molar-refractivity contribution >= 4 is 15.5 Å². The molecular weight excluding hydrogens is 382 g/mol. The smallest absolute Gasteiger partial charge is 0.175 e. The van der Waals surface area contributed by atoms with Crippen molar-refractivity contribution in [1.29, 1.82) is 0 Å². The molecule has 4 aromatic rings. The molecule has 1 aliphatic rings. The number of nitrogens with zero attached hydrogens (tertiary/aromatic N) is 3. The molecule has 0 spiro atoms. The number of rotatable bonds is 4. The fraction of sp³-hybridized carbons (Fsp3) is 0.217. The molecule has 2 aromatic heterocycles. The van der Waals surface area contributed by atoms with Gasteiger partial charge in [0.05, 0.1) is 11.1 Å². The summed E-state index contributed by atoms with van der Waals surface area (Å²) in [6, 6.07) is 15.6. The molecule has 0 radical (unpaired) electrons. The van der Waals surface area contributed by atoms with Crippen molar-refractivity contribution in [2.45, 2.75) is 30.1 Å². The fourth-order valence-corrected chi connectivity index (χ4v) is 4.33. The molecule has 1 saturated carbocycles. The van der Waals surface area contributed by atoms with Crippen molar-refractivity contribution in [3.8, 4) is 22.3 Å². The van der Waals surface area contributed by atoms with Gasteiger partial charge < -0.3 is 0 Å². The molecule has 0 N–H and O–H groups in total. The van der Waals surface area contributed by atoms with Crippen molar-refractivity contribution in [2.24, 2.45) is 0 Å². The van der Waals surface area contributed by atoms with E-state index in [2.05, 4.69) is 41.3 Å². The quantitative estimate of drug-likeness (QED) is 0.503. The molecule has 1 fully saturated rings. The minimum Gasteiger partial charge on any atom is -0.236 e. The van der Waals surface area contributed by atoms with Crippen LogP contribution in [0, 0.1) is 0 Å². The zero-order chi connectivity index (χ0) is 20.2. The number of sulfone groups is 1. The first-order valence-corrected chi connectivity index (χ1v) is 11.5. The Labute approximate surface area is 170 Å². The van der Waals surface area contributed by atoms with Gasteiger partial charge in [0, 0.05) is 29.8 Å². The summed E-state index contributed by atoms with van der Waals surface area (Å²) in [4.78, 5) is 4.91. The van der Waals surface area contributed by atoms with Crippen LogP contribution in [-0.2, 0) is 15.3 Å². The van der Waals surface area contributed by atoms with E-state index in [1.54, 1.807) is 28.9 Å². The van der Waals surface area contributed by atoms with Gasteiger partial charge in [-0.2, -0.15) is 5.10 Å². The zero-order valence-corrected chi connectivity index (χ0v) is 17.1. The summed E-state index contributed by atoms with van der Waals surface area (Å²) in [5.74, 6) is 0. The Kier molecular flexibility index (Phi) is 3.90. The molecule has 146 valence electrons. The van der Waals surface area contributed by atoms with Crippen molar-refractivity contribution in [2.75, 3.05) is 6.26 Å². The molecule has 0 amide bonds. The Hall–Kier alpha value is -2.99. The van der Waals surface area contributed by atoms with Gasteiger partial charge in [0.25, 0.3) is 0 Å². The topological polar surface area (TPSA) is 64.3 Å². The van der Waals surface area contributed by atoms with Gasteiger partial charge in [-0.1, -0.05) is 43.3 Å². The van der Waals surface area contributed by atoms with Gasteiger partial charge in [-0.15, -0.1) is 0 Å². The van der Waals surface area contributed by atoms with Gasteiger partial charge >= 0.3 is 0 Å². The molecule has 2 aromatic carbocycles. The molecule has 2 heterocycles. The average molecular weight is 404 g/mol. The summed E-state index contributed by atoms with van der Waals surface area (Å²) in [6.07, 6.45) is 9.26. The summed E-state index contributed by atoms with van der Waals surface area (Å²) in [5, 5.41) is 4.44. The van der Waals surface area contributed by atoms with Crippen LogP contribution < -0.4 is 0 Å². The zero-order valence-electron chi connectivity index (χ0n) is 16.3. The predicted molar refractivity (Wildman–Crippen MR) is 114 cm³/mol. The van der Waals surface area contributed by atoms with Gasteiger partial charge in [0.15, 0.2) is 15.5 Å². The Morgan fingerprint density at radius 1 is 0.966 bits per heavy atom. The molecule has 0 unspecified atom stereocenters. The van der Waals surface area contributed by atoms with Crippen LogP contribution in [0.15, 0.2) is 72.0 Å². The van der Waals surface area contributed by atoms with E-state index in [9.17, 15) is 8.42 Å². The highest BCUT2D eigenvalue weighted by atomic mass is 32.2. The predicted octanol–water partition coefficient (Wildman–Crippen LogP) is 4.52. The highest BCUT2D eigenvalue weighted by Gasteiger charge is 2.38. The summed E-state index contributed by atoms with van der Waals surface area (Å²) in [5.41, 5.74) is 6.12. The first-order valence-electron chi connectivity index (χ1n) is 9.58. The highest BCUT2D eigenvalue weighted by Crippen LogP contribution is 2.47. The standard InChI is InChI=1S/C23H21N3O2S/c1-23(10-11-23)19-8-6-16(7-9-19)18-13-24-22-21(14-25-26(22)15-18)17-4-3-5-20(12-17)29(2,27)28/h3-9,12-15H,10-11H2,1-2H3. The van der Waals surface area contributed by atoms with E-state index >= 15 is 0 Å². The maximum absolute atomic E-state index is 11.9. The maximum atomic E-state index is 11.9. The SMILES string of the molecule is CC1(c2ccc(-c3cnc4c(-c5cccc(S(C)(=O)=O)c5)cnn4c3)cc2)CC1. The van der Waals surface area contributed by atoms with Crippen LogP contribution in [-0.4, -0.2) is 29.3 Å². The largest absolute Gasteiger partial charge is 0.236 e. The lowest BCUT2D eigenvalue weighted by atomic mass is 9.96. The molecular formula is C23H21N3O2S. The number of fused-ring (bicyclic) bond motifs is 1. The Balaban J connectivity index is 1.52. The van der Waals surface area contributed by atoms with Crippen LogP contribution in [0.25, 0.3) is 27.9 Å². The number of benzene rings is 2. The maximum Gasteiger partial charge on any atom is 0.175 e. The van der Waals surface area contributed by atoms with Crippen LogP contribution in [0.4, 0.5) is 0 Å². The third-order valence-electron chi connectivity index (χ3n) is 5.84. The van der Waals surface area contributed by atoms with Crippen molar-refractivity contribution in [3.05, 3.63) is 72.7 Å². The molecule has 1 aliphatic carbocycles. The third kappa shape index (κ3) is 3.23. The van der Waals surface area contributed by atoms with Crippen LogP contribution in [0.1, 0.15) is 25.3 Å². The van der Waals surface area contributed by atoms with E-state index < -0.39 is 9.84 Å². The second-order valence-corrected chi connectivity index (χ2v) is 10.1. The van der Waals surface area contributed by atoms with E-state index in [-0.39, 0.29) is 4.90 Å². The molecule has 5 nitrogen and oxygen atoms in total. The Morgan fingerprint density at radius 3 is 2.41 bits per heavy atom. The van der Waals surface area contributed by atoms with E-state index in [0.29, 0.717) is 11.1 Å².